The lowest BCUT2D eigenvalue weighted by atomic mass is 9.90. The van der Waals surface area contributed by atoms with Gasteiger partial charge in [-0.25, -0.2) is 13.2 Å². The van der Waals surface area contributed by atoms with Crippen LogP contribution < -0.4 is 14.9 Å². The second-order valence-electron chi connectivity index (χ2n) is 9.57. The molecule has 214 valence electrons. The number of nitrogens with one attached hydrogen (secondary N) is 2. The summed E-state index contributed by atoms with van der Waals surface area (Å²) >= 11 is 0. The zero-order valence-electron chi connectivity index (χ0n) is 21.6. The van der Waals surface area contributed by atoms with Gasteiger partial charge >= 0.3 is 12.1 Å². The van der Waals surface area contributed by atoms with E-state index in [0.717, 1.165) is 70.5 Å². The molecule has 0 aromatic heterocycles. The van der Waals surface area contributed by atoms with Gasteiger partial charge < -0.3 is 20.2 Å². The van der Waals surface area contributed by atoms with Crippen LogP contribution in [0.15, 0.2) is 48.5 Å². The van der Waals surface area contributed by atoms with Crippen LogP contribution in [0.4, 0.5) is 24.5 Å². The number of amides is 1. The first-order chi connectivity index (χ1) is 18.3. The highest BCUT2D eigenvalue weighted by molar-refractivity contribution is 7.92. The van der Waals surface area contributed by atoms with E-state index in [1.165, 1.54) is 5.56 Å². The summed E-state index contributed by atoms with van der Waals surface area (Å²) in [4.78, 5) is 26.1. The van der Waals surface area contributed by atoms with Crippen LogP contribution in [0.3, 0.4) is 0 Å². The topological polar surface area (TPSA) is 119 Å². The van der Waals surface area contributed by atoms with Crippen molar-refractivity contribution >= 4 is 33.3 Å². The largest absolute Gasteiger partial charge is 0.490 e. The Kier molecular flexibility index (Phi) is 10.2. The van der Waals surface area contributed by atoms with Gasteiger partial charge in [0.25, 0.3) is 5.91 Å². The molecule has 2 aromatic carbocycles. The zero-order chi connectivity index (χ0) is 28.6. The van der Waals surface area contributed by atoms with E-state index < -0.39 is 22.2 Å². The highest BCUT2D eigenvalue weighted by Crippen LogP contribution is 2.30. The standard InChI is InChI=1S/C24H32N4O3S.C2HF3O2/c1-32(30,31)26-22-18-21(7-8-23(22)27-15-11-25-12-16-27)24(29)28-13-9-20(10-14-28)17-19-5-3-2-4-6-19;3-2(4,5)1(6)7/h2-8,18,20,25-26H,9-17H2,1H3;(H,6,7). The minimum atomic E-state index is -5.08. The normalized spacial score (nSPS) is 16.7. The van der Waals surface area contributed by atoms with Crippen LogP contribution >= 0.6 is 0 Å². The molecule has 0 aliphatic carbocycles. The first kappa shape index (κ1) is 30.2. The molecule has 0 atom stereocenters. The lowest BCUT2D eigenvalue weighted by Crippen LogP contribution is -2.44. The van der Waals surface area contributed by atoms with Gasteiger partial charge in [-0.2, -0.15) is 13.2 Å². The third-order valence-corrected chi connectivity index (χ3v) is 7.10. The van der Waals surface area contributed by atoms with Crippen LogP contribution in [0.2, 0.25) is 0 Å². The molecule has 2 aromatic rings. The van der Waals surface area contributed by atoms with E-state index in [4.69, 9.17) is 9.90 Å². The van der Waals surface area contributed by atoms with Gasteiger partial charge in [-0.1, -0.05) is 30.3 Å². The molecule has 0 radical (unpaired) electrons. The highest BCUT2D eigenvalue weighted by Gasteiger charge is 2.38. The van der Waals surface area contributed by atoms with Crippen LogP contribution in [0.25, 0.3) is 0 Å². The van der Waals surface area contributed by atoms with Gasteiger partial charge in [0, 0.05) is 44.8 Å². The van der Waals surface area contributed by atoms with E-state index in [2.05, 4.69) is 39.2 Å². The maximum absolute atomic E-state index is 13.2. The number of nitrogens with zero attached hydrogens (tertiary/aromatic N) is 2. The number of carboxylic acids is 1. The number of aliphatic carboxylic acids is 1. The Hall–Kier alpha value is -3.32. The van der Waals surface area contributed by atoms with Gasteiger partial charge in [0.2, 0.25) is 10.0 Å². The van der Waals surface area contributed by atoms with Crippen LogP contribution in [0, 0.1) is 5.92 Å². The Morgan fingerprint density at radius 1 is 1.03 bits per heavy atom. The van der Waals surface area contributed by atoms with Crippen molar-refractivity contribution in [2.75, 3.05) is 55.1 Å². The molecule has 4 rings (SSSR count). The van der Waals surface area contributed by atoms with Crippen LogP contribution in [-0.4, -0.2) is 82.0 Å². The average molecular weight is 571 g/mol. The number of alkyl halides is 3. The number of anilines is 2. The number of hydrogen-bond acceptors (Lipinski definition) is 6. The second kappa shape index (κ2) is 13.2. The van der Waals surface area contributed by atoms with Crippen LogP contribution in [0.5, 0.6) is 0 Å². The predicted molar refractivity (Wildman–Crippen MR) is 142 cm³/mol. The van der Waals surface area contributed by atoms with Gasteiger partial charge in [0.05, 0.1) is 17.6 Å². The molecule has 2 saturated heterocycles. The van der Waals surface area contributed by atoms with E-state index in [1.54, 1.807) is 6.07 Å². The van der Waals surface area contributed by atoms with E-state index >= 15 is 0 Å². The summed E-state index contributed by atoms with van der Waals surface area (Å²) in [7, 11) is -3.46. The van der Waals surface area contributed by atoms with Gasteiger partial charge in [-0.15, -0.1) is 0 Å². The molecule has 0 spiro atoms. The van der Waals surface area contributed by atoms with Crippen LogP contribution in [-0.2, 0) is 21.2 Å². The molecule has 1 amide bonds. The van der Waals surface area contributed by atoms with E-state index in [1.807, 2.05) is 23.1 Å². The molecule has 2 aliphatic heterocycles. The first-order valence-corrected chi connectivity index (χ1v) is 14.4. The summed E-state index contributed by atoms with van der Waals surface area (Å²) in [6.45, 7) is 4.73. The van der Waals surface area contributed by atoms with Gasteiger partial charge in [0.1, 0.15) is 0 Å². The fourth-order valence-electron chi connectivity index (χ4n) is 4.60. The summed E-state index contributed by atoms with van der Waals surface area (Å²) in [6.07, 6.45) is -0.937. The number of carbonyl (C=O) groups is 2. The molecule has 2 aliphatic rings. The highest BCUT2D eigenvalue weighted by atomic mass is 32.2. The third-order valence-electron chi connectivity index (χ3n) is 6.51. The van der Waals surface area contributed by atoms with Gasteiger partial charge in [-0.05, 0) is 48.9 Å². The number of piperazine rings is 1. The Morgan fingerprint density at radius 2 is 1.62 bits per heavy atom. The number of halogens is 3. The molecule has 39 heavy (non-hydrogen) atoms. The fraction of sp³-hybridized carbons (Fsp3) is 0.462. The number of carbonyl (C=O) groups excluding carboxylic acids is 1. The minimum absolute atomic E-state index is 0.0356. The lowest BCUT2D eigenvalue weighted by molar-refractivity contribution is -0.192. The summed E-state index contributed by atoms with van der Waals surface area (Å²) in [5.41, 5.74) is 3.16. The molecule has 13 heteroatoms. The Bertz CT molecular complexity index is 1230. The van der Waals surface area contributed by atoms with Crippen molar-refractivity contribution in [3.63, 3.8) is 0 Å². The fourth-order valence-corrected chi connectivity index (χ4v) is 5.17. The molecule has 0 bridgehead atoms. The summed E-state index contributed by atoms with van der Waals surface area (Å²) in [5, 5.41) is 10.4. The maximum Gasteiger partial charge on any atom is 0.490 e. The lowest BCUT2D eigenvalue weighted by Gasteiger charge is -2.33. The molecule has 9 nitrogen and oxygen atoms in total. The number of rotatable bonds is 6. The molecular formula is C26H33F3N4O5S. The third kappa shape index (κ3) is 9.43. The number of carboxylic acid groups (broad SMARTS) is 1. The Labute approximate surface area is 226 Å². The molecule has 0 unspecified atom stereocenters. The van der Waals surface area contributed by atoms with E-state index in [9.17, 15) is 26.4 Å². The smallest absolute Gasteiger partial charge is 0.475 e. The minimum Gasteiger partial charge on any atom is -0.475 e. The average Bonchev–Trinajstić information content (AvgIpc) is 2.89. The van der Waals surface area contributed by atoms with Crippen molar-refractivity contribution in [1.29, 1.82) is 0 Å². The van der Waals surface area contributed by atoms with Crippen molar-refractivity contribution < 1.29 is 36.3 Å². The summed E-state index contributed by atoms with van der Waals surface area (Å²) < 4.78 is 58.3. The quantitative estimate of drug-likeness (QED) is 0.488. The van der Waals surface area contributed by atoms with E-state index in [0.29, 0.717) is 17.2 Å². The molecule has 3 N–H and O–H groups in total. The molecule has 2 heterocycles. The van der Waals surface area contributed by atoms with Crippen LogP contribution in [0.1, 0.15) is 28.8 Å². The number of hydrogen-bond donors (Lipinski definition) is 3. The van der Waals surface area contributed by atoms with Crippen molar-refractivity contribution in [1.82, 2.24) is 10.2 Å². The van der Waals surface area contributed by atoms with Crippen molar-refractivity contribution in [3.8, 4) is 0 Å². The SMILES string of the molecule is CS(=O)(=O)Nc1cc(C(=O)N2CCC(Cc3ccccc3)CC2)ccc1N1CCNCC1.O=C(O)C(F)(F)F. The van der Waals surface area contributed by atoms with Gasteiger partial charge in [0.15, 0.2) is 0 Å². The molecule has 2 fully saturated rings. The molecule has 0 saturated carbocycles. The maximum atomic E-state index is 13.2. The van der Waals surface area contributed by atoms with Crippen molar-refractivity contribution in [2.24, 2.45) is 5.92 Å². The van der Waals surface area contributed by atoms with Crippen molar-refractivity contribution in [2.45, 2.75) is 25.4 Å². The Morgan fingerprint density at radius 3 is 2.15 bits per heavy atom. The van der Waals surface area contributed by atoms with E-state index in [-0.39, 0.29) is 5.91 Å². The number of sulfonamides is 1. The monoisotopic (exact) mass is 570 g/mol. The predicted octanol–water partition coefficient (Wildman–Crippen LogP) is 3.20. The Balaban J connectivity index is 0.000000532. The molecular weight excluding hydrogens is 537 g/mol. The second-order valence-corrected chi connectivity index (χ2v) is 11.3. The first-order valence-electron chi connectivity index (χ1n) is 12.5. The number of piperidine rings is 1. The summed E-state index contributed by atoms with van der Waals surface area (Å²) in [5.74, 6) is -2.21. The number of likely N-dealkylation sites (tertiary alicyclic amines) is 1. The van der Waals surface area contributed by atoms with Crippen molar-refractivity contribution in [3.05, 3.63) is 59.7 Å². The van der Waals surface area contributed by atoms with Gasteiger partial charge in [-0.3, -0.25) is 9.52 Å². The summed E-state index contributed by atoms with van der Waals surface area (Å²) in [6, 6.07) is 15.9. The number of benzene rings is 2. The zero-order valence-corrected chi connectivity index (χ0v) is 22.4.